The molecule has 0 aromatic carbocycles. The molecule has 1 aliphatic rings. The molecule has 0 radical (unpaired) electrons. The van der Waals surface area contributed by atoms with E-state index >= 15 is 0 Å². The van der Waals surface area contributed by atoms with E-state index in [4.69, 9.17) is 4.74 Å². The monoisotopic (exact) mass is 259 g/mol. The van der Waals surface area contributed by atoms with Crippen LogP contribution < -0.4 is 5.32 Å². The first kappa shape index (κ1) is 14.0. The van der Waals surface area contributed by atoms with Gasteiger partial charge in [0.2, 0.25) is 0 Å². The summed E-state index contributed by atoms with van der Waals surface area (Å²) in [7, 11) is 0. The van der Waals surface area contributed by atoms with Crippen LogP contribution in [0.25, 0.3) is 0 Å². The Balaban J connectivity index is 0.00000144. The number of hydrogen-bond donors (Lipinski definition) is 1. The Bertz CT molecular complexity index is 392. The number of nitrogens with zero attached hydrogens (tertiary/aromatic N) is 2. The molecule has 5 nitrogen and oxygen atoms in total. The minimum absolute atomic E-state index is 0. The second-order valence-electron chi connectivity index (χ2n) is 4.16. The summed E-state index contributed by atoms with van der Waals surface area (Å²) < 4.78 is 6.83. The van der Waals surface area contributed by atoms with Gasteiger partial charge in [-0.1, -0.05) is 6.92 Å². The normalized spacial score (nSPS) is 18.8. The van der Waals surface area contributed by atoms with E-state index < -0.39 is 0 Å². The summed E-state index contributed by atoms with van der Waals surface area (Å²) in [6.45, 7) is 6.93. The van der Waals surface area contributed by atoms with Gasteiger partial charge in [0, 0.05) is 13.1 Å². The van der Waals surface area contributed by atoms with E-state index in [9.17, 15) is 4.79 Å². The highest BCUT2D eigenvalue weighted by Crippen LogP contribution is 2.12. The van der Waals surface area contributed by atoms with E-state index in [0.717, 1.165) is 25.3 Å². The Morgan fingerprint density at radius 2 is 2.47 bits per heavy atom. The van der Waals surface area contributed by atoms with Gasteiger partial charge in [0.05, 0.1) is 12.3 Å². The number of carbonyl (C=O) groups is 1. The fourth-order valence-electron chi connectivity index (χ4n) is 1.87. The molecule has 0 saturated heterocycles. The van der Waals surface area contributed by atoms with E-state index in [1.54, 1.807) is 6.92 Å². The van der Waals surface area contributed by atoms with Gasteiger partial charge < -0.3 is 10.1 Å². The van der Waals surface area contributed by atoms with Crippen molar-refractivity contribution >= 4 is 18.4 Å². The van der Waals surface area contributed by atoms with E-state index in [2.05, 4.69) is 17.3 Å². The maximum Gasteiger partial charge on any atom is 0.358 e. The van der Waals surface area contributed by atoms with Crippen molar-refractivity contribution in [2.24, 2.45) is 5.92 Å². The molecule has 2 heterocycles. The van der Waals surface area contributed by atoms with Crippen molar-refractivity contribution in [3.8, 4) is 0 Å². The lowest BCUT2D eigenvalue weighted by molar-refractivity contribution is 0.0518. The van der Waals surface area contributed by atoms with Crippen molar-refractivity contribution < 1.29 is 9.53 Å². The number of nitrogens with one attached hydrogen (secondary N) is 1. The third-order valence-corrected chi connectivity index (χ3v) is 2.63. The van der Waals surface area contributed by atoms with Gasteiger partial charge in [-0.3, -0.25) is 4.68 Å². The summed E-state index contributed by atoms with van der Waals surface area (Å²) >= 11 is 0. The average molecular weight is 260 g/mol. The fraction of sp³-hybridized carbons (Fsp3) is 0.636. The standard InChI is InChI=1S/C11H17N3O2.ClH/c1-3-16-11(15)10-4-9-6-12-5-8(2)7-14(9)13-10;/h4,8,12H,3,5-7H2,1-2H3;1H. The Morgan fingerprint density at radius 1 is 1.71 bits per heavy atom. The molecule has 1 aromatic rings. The number of halogens is 1. The van der Waals surface area contributed by atoms with E-state index in [-0.39, 0.29) is 18.4 Å². The van der Waals surface area contributed by atoms with Crippen LogP contribution in [0, 0.1) is 5.92 Å². The molecule has 1 aliphatic heterocycles. The summed E-state index contributed by atoms with van der Waals surface area (Å²) in [5.41, 5.74) is 1.46. The number of aromatic nitrogens is 2. The predicted molar refractivity (Wildman–Crippen MR) is 66.3 cm³/mol. The summed E-state index contributed by atoms with van der Waals surface area (Å²) in [5, 5.41) is 7.61. The first-order valence-corrected chi connectivity index (χ1v) is 5.65. The third-order valence-electron chi connectivity index (χ3n) is 2.63. The van der Waals surface area contributed by atoms with Crippen molar-refractivity contribution in [2.75, 3.05) is 13.2 Å². The molecule has 1 unspecified atom stereocenters. The predicted octanol–water partition coefficient (Wildman–Crippen LogP) is 1.22. The van der Waals surface area contributed by atoms with Gasteiger partial charge in [0.15, 0.2) is 5.69 Å². The first-order valence-electron chi connectivity index (χ1n) is 5.65. The van der Waals surface area contributed by atoms with Crippen LogP contribution in [0.3, 0.4) is 0 Å². The van der Waals surface area contributed by atoms with Crippen molar-refractivity contribution in [3.63, 3.8) is 0 Å². The molecule has 1 N–H and O–H groups in total. The fourth-order valence-corrected chi connectivity index (χ4v) is 1.87. The van der Waals surface area contributed by atoms with Gasteiger partial charge in [-0.15, -0.1) is 12.4 Å². The summed E-state index contributed by atoms with van der Waals surface area (Å²) in [5.74, 6) is 0.187. The lowest BCUT2D eigenvalue weighted by atomic mass is 10.2. The molecule has 96 valence electrons. The van der Waals surface area contributed by atoms with Crippen LogP contribution in [0.15, 0.2) is 6.07 Å². The molecule has 17 heavy (non-hydrogen) atoms. The molecule has 0 spiro atoms. The van der Waals surface area contributed by atoms with Crippen molar-refractivity contribution in [1.29, 1.82) is 0 Å². The number of esters is 1. The molecule has 0 saturated carbocycles. The summed E-state index contributed by atoms with van der Waals surface area (Å²) in [6, 6.07) is 1.81. The number of rotatable bonds is 2. The van der Waals surface area contributed by atoms with Gasteiger partial charge in [-0.25, -0.2) is 4.79 Å². The van der Waals surface area contributed by atoms with Crippen molar-refractivity contribution in [2.45, 2.75) is 26.9 Å². The van der Waals surface area contributed by atoms with E-state index in [1.165, 1.54) is 0 Å². The van der Waals surface area contributed by atoms with Gasteiger partial charge >= 0.3 is 5.97 Å². The van der Waals surface area contributed by atoms with Crippen molar-refractivity contribution in [3.05, 3.63) is 17.5 Å². The zero-order valence-electron chi connectivity index (χ0n) is 10.1. The highest BCUT2D eigenvalue weighted by molar-refractivity contribution is 5.87. The zero-order valence-corrected chi connectivity index (χ0v) is 10.9. The zero-order chi connectivity index (χ0) is 11.5. The maximum absolute atomic E-state index is 11.5. The third kappa shape index (κ3) is 3.20. The largest absolute Gasteiger partial charge is 0.461 e. The molecule has 6 heteroatoms. The Hall–Kier alpha value is -1.07. The van der Waals surface area contributed by atoms with E-state index in [1.807, 2.05) is 10.7 Å². The Kier molecular flexibility index (Phi) is 4.96. The van der Waals surface area contributed by atoms with Gasteiger partial charge in [0.25, 0.3) is 0 Å². The number of hydrogen-bond acceptors (Lipinski definition) is 4. The SMILES string of the molecule is CCOC(=O)c1cc2n(n1)CC(C)CNC2.Cl. The van der Waals surface area contributed by atoms with Crippen molar-refractivity contribution in [1.82, 2.24) is 15.1 Å². The summed E-state index contributed by atoms with van der Waals surface area (Å²) in [6.07, 6.45) is 0. The number of fused-ring (bicyclic) bond motifs is 1. The molecule has 0 bridgehead atoms. The lowest BCUT2D eigenvalue weighted by Crippen LogP contribution is -2.19. The highest BCUT2D eigenvalue weighted by atomic mass is 35.5. The molecular weight excluding hydrogens is 242 g/mol. The molecule has 1 atom stereocenters. The van der Waals surface area contributed by atoms with Crippen LogP contribution in [0.1, 0.15) is 30.0 Å². The maximum atomic E-state index is 11.5. The van der Waals surface area contributed by atoms with Crippen LogP contribution >= 0.6 is 12.4 Å². The summed E-state index contributed by atoms with van der Waals surface area (Å²) in [4.78, 5) is 11.5. The molecule has 2 rings (SSSR count). The average Bonchev–Trinajstić information content (AvgIpc) is 2.54. The molecule has 0 aliphatic carbocycles. The van der Waals surface area contributed by atoms with Crippen LogP contribution in [-0.2, 0) is 17.8 Å². The van der Waals surface area contributed by atoms with Crippen LogP contribution in [0.2, 0.25) is 0 Å². The highest BCUT2D eigenvalue weighted by Gasteiger charge is 2.18. The molecular formula is C11H18ClN3O2. The Morgan fingerprint density at radius 3 is 3.18 bits per heavy atom. The van der Waals surface area contributed by atoms with Crippen LogP contribution in [0.5, 0.6) is 0 Å². The van der Waals surface area contributed by atoms with Gasteiger partial charge in [0.1, 0.15) is 0 Å². The number of ether oxygens (including phenoxy) is 1. The van der Waals surface area contributed by atoms with Gasteiger partial charge in [-0.05, 0) is 25.5 Å². The van der Waals surface area contributed by atoms with Crippen LogP contribution in [0.4, 0.5) is 0 Å². The second-order valence-corrected chi connectivity index (χ2v) is 4.16. The minimum Gasteiger partial charge on any atom is -0.461 e. The Labute approximate surface area is 107 Å². The first-order chi connectivity index (χ1) is 7.70. The quantitative estimate of drug-likeness (QED) is 0.812. The minimum atomic E-state index is -0.337. The molecule has 0 fully saturated rings. The molecule has 0 amide bonds. The van der Waals surface area contributed by atoms with Crippen LogP contribution in [-0.4, -0.2) is 28.9 Å². The lowest BCUT2D eigenvalue weighted by Gasteiger charge is -2.07. The topological polar surface area (TPSA) is 56.2 Å². The van der Waals surface area contributed by atoms with Gasteiger partial charge in [-0.2, -0.15) is 5.10 Å². The van der Waals surface area contributed by atoms with E-state index in [0.29, 0.717) is 18.2 Å². The second kappa shape index (κ2) is 6.02. The number of carbonyl (C=O) groups excluding carboxylic acids is 1. The molecule has 1 aromatic heterocycles. The smallest absolute Gasteiger partial charge is 0.358 e.